The van der Waals surface area contributed by atoms with Crippen molar-refractivity contribution < 1.29 is 9.90 Å². The van der Waals surface area contributed by atoms with E-state index in [-0.39, 0.29) is 18.6 Å². The number of hydrogen-bond donors (Lipinski definition) is 2. The average molecular weight is 321 g/mol. The van der Waals surface area contributed by atoms with Crippen LogP contribution in [0.5, 0.6) is 0 Å². The quantitative estimate of drug-likeness (QED) is 0.773. The van der Waals surface area contributed by atoms with Gasteiger partial charge in [0.05, 0.1) is 11.8 Å². The zero-order chi connectivity index (χ0) is 16.7. The summed E-state index contributed by atoms with van der Waals surface area (Å²) in [4.78, 5) is 12.6. The Balaban J connectivity index is 2.01. The third-order valence-corrected chi connectivity index (χ3v) is 5.05. The molecule has 5 nitrogen and oxygen atoms in total. The molecule has 1 aliphatic rings. The zero-order valence-corrected chi connectivity index (χ0v) is 14.6. The Bertz CT molecular complexity index is 492. The standard InChI is InChI=1S/C18H31N3O2/c1-3-4-11-21-14(2)16(13-19-21)18(23)20-17(10-12-22)15-8-6-5-7-9-15/h13,15,17,22H,3-12H2,1-2H3,(H,20,23). The minimum absolute atomic E-state index is 0.0470. The second kappa shape index (κ2) is 9.06. The van der Waals surface area contributed by atoms with Crippen molar-refractivity contribution in [1.82, 2.24) is 15.1 Å². The van der Waals surface area contributed by atoms with E-state index in [2.05, 4.69) is 17.3 Å². The Labute approximate surface area is 139 Å². The van der Waals surface area contributed by atoms with Crippen molar-refractivity contribution in [2.75, 3.05) is 6.61 Å². The van der Waals surface area contributed by atoms with E-state index in [1.165, 1.54) is 19.3 Å². The Morgan fingerprint density at radius 1 is 1.43 bits per heavy atom. The molecule has 0 aromatic carbocycles. The number of unbranched alkanes of at least 4 members (excludes halogenated alkanes) is 1. The van der Waals surface area contributed by atoms with E-state index in [1.54, 1.807) is 6.20 Å². The van der Waals surface area contributed by atoms with Gasteiger partial charge in [-0.15, -0.1) is 0 Å². The fraction of sp³-hybridized carbons (Fsp3) is 0.778. The second-order valence-electron chi connectivity index (χ2n) is 6.71. The van der Waals surface area contributed by atoms with E-state index in [0.717, 1.165) is 37.9 Å². The topological polar surface area (TPSA) is 67.2 Å². The Hall–Kier alpha value is -1.36. The van der Waals surface area contributed by atoms with E-state index in [1.807, 2.05) is 11.6 Å². The Morgan fingerprint density at radius 2 is 2.17 bits per heavy atom. The minimum atomic E-state index is -0.0470. The molecule has 23 heavy (non-hydrogen) atoms. The van der Waals surface area contributed by atoms with Crippen LogP contribution < -0.4 is 5.32 Å². The molecule has 1 amide bonds. The first-order valence-corrected chi connectivity index (χ1v) is 9.11. The summed E-state index contributed by atoms with van der Waals surface area (Å²) in [5.74, 6) is 0.449. The van der Waals surface area contributed by atoms with Gasteiger partial charge in [-0.1, -0.05) is 32.6 Å². The summed E-state index contributed by atoms with van der Waals surface area (Å²) in [6.45, 7) is 5.09. The molecule has 1 heterocycles. The van der Waals surface area contributed by atoms with Crippen LogP contribution >= 0.6 is 0 Å². The Kier molecular flexibility index (Phi) is 7.09. The lowest BCUT2D eigenvalue weighted by atomic mass is 9.82. The molecule has 1 atom stereocenters. The normalized spacial score (nSPS) is 17.2. The van der Waals surface area contributed by atoms with Crippen LogP contribution in [0.25, 0.3) is 0 Å². The molecule has 1 aliphatic carbocycles. The molecule has 2 rings (SSSR count). The van der Waals surface area contributed by atoms with Crippen molar-refractivity contribution in [3.8, 4) is 0 Å². The number of aryl methyl sites for hydroxylation is 1. The summed E-state index contributed by atoms with van der Waals surface area (Å²) >= 11 is 0. The zero-order valence-electron chi connectivity index (χ0n) is 14.6. The second-order valence-corrected chi connectivity index (χ2v) is 6.71. The molecule has 1 saturated carbocycles. The molecule has 1 fully saturated rings. The monoisotopic (exact) mass is 321 g/mol. The van der Waals surface area contributed by atoms with Crippen LogP contribution in [-0.2, 0) is 6.54 Å². The summed E-state index contributed by atoms with van der Waals surface area (Å²) in [5.41, 5.74) is 1.60. The summed E-state index contributed by atoms with van der Waals surface area (Å²) in [6, 6.07) is 0.0752. The molecule has 1 aromatic rings. The van der Waals surface area contributed by atoms with Gasteiger partial charge in [-0.05, 0) is 38.5 Å². The van der Waals surface area contributed by atoms with Crippen LogP contribution in [0.15, 0.2) is 6.20 Å². The number of aliphatic hydroxyl groups is 1. The van der Waals surface area contributed by atoms with Crippen LogP contribution in [0.2, 0.25) is 0 Å². The molecule has 2 N–H and O–H groups in total. The molecule has 130 valence electrons. The first-order valence-electron chi connectivity index (χ1n) is 9.11. The summed E-state index contributed by atoms with van der Waals surface area (Å²) < 4.78 is 1.92. The smallest absolute Gasteiger partial charge is 0.254 e. The number of carbonyl (C=O) groups excluding carboxylic acids is 1. The minimum Gasteiger partial charge on any atom is -0.396 e. The van der Waals surface area contributed by atoms with Gasteiger partial charge in [-0.2, -0.15) is 5.10 Å². The van der Waals surface area contributed by atoms with Gasteiger partial charge in [0.1, 0.15) is 0 Å². The summed E-state index contributed by atoms with van der Waals surface area (Å²) in [7, 11) is 0. The number of nitrogens with zero attached hydrogens (tertiary/aromatic N) is 2. The van der Waals surface area contributed by atoms with Gasteiger partial charge in [-0.25, -0.2) is 0 Å². The third kappa shape index (κ3) is 4.80. The number of amides is 1. The highest BCUT2D eigenvalue weighted by Gasteiger charge is 2.26. The van der Waals surface area contributed by atoms with E-state index in [9.17, 15) is 9.90 Å². The predicted octanol–water partition coefficient (Wildman–Crippen LogP) is 3.05. The number of carbonyl (C=O) groups is 1. The average Bonchev–Trinajstić information content (AvgIpc) is 2.94. The number of nitrogens with one attached hydrogen (secondary N) is 1. The van der Waals surface area contributed by atoms with Crippen LogP contribution in [-0.4, -0.2) is 33.4 Å². The van der Waals surface area contributed by atoms with Crippen molar-refractivity contribution in [1.29, 1.82) is 0 Å². The highest BCUT2D eigenvalue weighted by molar-refractivity contribution is 5.95. The SMILES string of the molecule is CCCCn1ncc(C(=O)NC(CCO)C2CCCCC2)c1C. The van der Waals surface area contributed by atoms with Gasteiger partial charge in [0, 0.05) is 24.9 Å². The molecule has 1 aromatic heterocycles. The summed E-state index contributed by atoms with van der Waals surface area (Å²) in [5, 5.41) is 16.8. The van der Waals surface area contributed by atoms with Crippen molar-refractivity contribution >= 4 is 5.91 Å². The largest absolute Gasteiger partial charge is 0.396 e. The van der Waals surface area contributed by atoms with Crippen molar-refractivity contribution in [2.45, 2.75) is 77.8 Å². The first kappa shape index (κ1) is 18.0. The fourth-order valence-corrected chi connectivity index (χ4v) is 3.55. The molecule has 0 spiro atoms. The van der Waals surface area contributed by atoms with Crippen LogP contribution in [0, 0.1) is 12.8 Å². The molecule has 0 aliphatic heterocycles. The molecule has 1 unspecified atom stereocenters. The van der Waals surface area contributed by atoms with Gasteiger partial charge in [0.25, 0.3) is 5.91 Å². The molecule has 0 radical (unpaired) electrons. The number of hydrogen-bond acceptors (Lipinski definition) is 3. The molecule has 0 bridgehead atoms. The lowest BCUT2D eigenvalue weighted by Crippen LogP contribution is -2.41. The van der Waals surface area contributed by atoms with E-state index < -0.39 is 0 Å². The maximum Gasteiger partial charge on any atom is 0.254 e. The molecular formula is C18H31N3O2. The number of aliphatic hydroxyl groups excluding tert-OH is 1. The van der Waals surface area contributed by atoms with Gasteiger partial charge in [0.15, 0.2) is 0 Å². The maximum atomic E-state index is 12.6. The van der Waals surface area contributed by atoms with E-state index >= 15 is 0 Å². The van der Waals surface area contributed by atoms with Gasteiger partial charge in [-0.3, -0.25) is 9.48 Å². The van der Waals surface area contributed by atoms with E-state index in [0.29, 0.717) is 17.9 Å². The van der Waals surface area contributed by atoms with Crippen molar-refractivity contribution in [3.63, 3.8) is 0 Å². The van der Waals surface area contributed by atoms with Crippen LogP contribution in [0.1, 0.15) is 74.3 Å². The van der Waals surface area contributed by atoms with Crippen molar-refractivity contribution in [2.24, 2.45) is 5.92 Å². The molecular weight excluding hydrogens is 290 g/mol. The van der Waals surface area contributed by atoms with Crippen LogP contribution in [0.4, 0.5) is 0 Å². The molecule has 0 saturated heterocycles. The lowest BCUT2D eigenvalue weighted by Gasteiger charge is -2.30. The maximum absolute atomic E-state index is 12.6. The molecule has 5 heteroatoms. The van der Waals surface area contributed by atoms with Crippen molar-refractivity contribution in [3.05, 3.63) is 17.5 Å². The van der Waals surface area contributed by atoms with Gasteiger partial charge >= 0.3 is 0 Å². The summed E-state index contributed by atoms with van der Waals surface area (Å²) in [6.07, 6.45) is 10.6. The predicted molar refractivity (Wildman–Crippen MR) is 91.4 cm³/mol. The Morgan fingerprint density at radius 3 is 2.83 bits per heavy atom. The van der Waals surface area contributed by atoms with Gasteiger partial charge in [0.2, 0.25) is 0 Å². The van der Waals surface area contributed by atoms with Crippen LogP contribution in [0.3, 0.4) is 0 Å². The van der Waals surface area contributed by atoms with Gasteiger partial charge < -0.3 is 10.4 Å². The third-order valence-electron chi connectivity index (χ3n) is 5.05. The highest BCUT2D eigenvalue weighted by atomic mass is 16.3. The highest BCUT2D eigenvalue weighted by Crippen LogP contribution is 2.28. The lowest BCUT2D eigenvalue weighted by molar-refractivity contribution is 0.0899. The number of rotatable bonds is 8. The number of aromatic nitrogens is 2. The first-order chi connectivity index (χ1) is 11.2. The fourth-order valence-electron chi connectivity index (χ4n) is 3.55. The van der Waals surface area contributed by atoms with E-state index in [4.69, 9.17) is 0 Å².